The quantitative estimate of drug-likeness (QED) is 0.735. The predicted molar refractivity (Wildman–Crippen MR) is 106 cm³/mol. The van der Waals surface area contributed by atoms with Crippen LogP contribution >= 0.6 is 0 Å². The van der Waals surface area contributed by atoms with Gasteiger partial charge in [0.2, 0.25) is 0 Å². The largest absolute Gasteiger partial charge is 0.445 e. The zero-order valence-corrected chi connectivity index (χ0v) is 16.2. The Kier molecular flexibility index (Phi) is 5.57. The lowest BCUT2D eigenvalue weighted by Crippen LogP contribution is -2.55. The molecule has 0 spiro atoms. The standard InChI is InChI=1S/C23H23N3O3/c24-13-19-10-9-17(14-25-19)22(27)18-11-20-7-4-8-21(12-18)26(20)23(28)29-15-16-5-2-1-3-6-16/h1-3,5-6,9-10,14,18,20-21H,4,7-8,11-12,15H2. The van der Waals surface area contributed by atoms with Crippen LogP contribution in [0.15, 0.2) is 48.7 Å². The molecule has 2 atom stereocenters. The van der Waals surface area contributed by atoms with Crippen molar-refractivity contribution in [3.05, 3.63) is 65.5 Å². The van der Waals surface area contributed by atoms with Gasteiger partial charge in [0.25, 0.3) is 0 Å². The van der Waals surface area contributed by atoms with Gasteiger partial charge < -0.3 is 9.64 Å². The molecule has 1 amide bonds. The number of nitrogens with zero attached hydrogens (tertiary/aromatic N) is 3. The minimum Gasteiger partial charge on any atom is -0.445 e. The third-order valence-corrected chi connectivity index (χ3v) is 5.92. The van der Waals surface area contributed by atoms with E-state index in [2.05, 4.69) is 4.98 Å². The van der Waals surface area contributed by atoms with Crippen molar-refractivity contribution in [2.45, 2.75) is 50.8 Å². The van der Waals surface area contributed by atoms with E-state index in [4.69, 9.17) is 10.00 Å². The van der Waals surface area contributed by atoms with Crippen molar-refractivity contribution < 1.29 is 14.3 Å². The monoisotopic (exact) mass is 389 g/mol. The molecule has 0 N–H and O–H groups in total. The molecule has 2 bridgehead atoms. The van der Waals surface area contributed by atoms with Crippen LogP contribution in [-0.4, -0.2) is 33.8 Å². The zero-order chi connectivity index (χ0) is 20.2. The van der Waals surface area contributed by atoms with Crippen molar-refractivity contribution in [1.82, 2.24) is 9.88 Å². The maximum atomic E-state index is 13.0. The van der Waals surface area contributed by atoms with E-state index in [1.165, 1.54) is 6.20 Å². The normalized spacial score (nSPS) is 23.1. The van der Waals surface area contributed by atoms with E-state index in [9.17, 15) is 9.59 Å². The second kappa shape index (κ2) is 8.44. The summed E-state index contributed by atoms with van der Waals surface area (Å²) < 4.78 is 5.57. The van der Waals surface area contributed by atoms with Crippen LogP contribution in [0.4, 0.5) is 4.79 Å². The third kappa shape index (κ3) is 4.14. The molecular weight excluding hydrogens is 366 g/mol. The number of hydrogen-bond donors (Lipinski definition) is 0. The molecule has 148 valence electrons. The smallest absolute Gasteiger partial charge is 0.410 e. The van der Waals surface area contributed by atoms with Crippen molar-refractivity contribution in [1.29, 1.82) is 5.26 Å². The third-order valence-electron chi connectivity index (χ3n) is 5.92. The first kappa shape index (κ1) is 19.1. The number of benzene rings is 1. The van der Waals surface area contributed by atoms with Gasteiger partial charge in [-0.15, -0.1) is 0 Å². The molecule has 2 unspecified atom stereocenters. The van der Waals surface area contributed by atoms with Crippen molar-refractivity contribution >= 4 is 11.9 Å². The van der Waals surface area contributed by atoms with Crippen molar-refractivity contribution in [2.24, 2.45) is 5.92 Å². The fraction of sp³-hybridized carbons (Fsp3) is 0.391. The van der Waals surface area contributed by atoms with Gasteiger partial charge in [-0.2, -0.15) is 5.26 Å². The topological polar surface area (TPSA) is 83.3 Å². The van der Waals surface area contributed by atoms with Crippen LogP contribution in [0, 0.1) is 17.2 Å². The SMILES string of the molecule is N#Cc1ccc(C(=O)C2CC3CCCC(C2)N3C(=O)OCc2ccccc2)cn1. The van der Waals surface area contributed by atoms with Gasteiger partial charge in [-0.25, -0.2) is 9.78 Å². The van der Waals surface area contributed by atoms with Crippen LogP contribution in [0.5, 0.6) is 0 Å². The van der Waals surface area contributed by atoms with E-state index in [0.29, 0.717) is 24.1 Å². The van der Waals surface area contributed by atoms with E-state index in [1.807, 2.05) is 41.3 Å². The Hall–Kier alpha value is -3.20. The maximum absolute atomic E-state index is 13.0. The summed E-state index contributed by atoms with van der Waals surface area (Å²) >= 11 is 0. The number of hydrogen-bond acceptors (Lipinski definition) is 5. The number of ketones is 1. The van der Waals surface area contributed by atoms with E-state index in [0.717, 1.165) is 24.8 Å². The molecule has 4 rings (SSSR count). The molecule has 6 nitrogen and oxygen atoms in total. The summed E-state index contributed by atoms with van der Waals surface area (Å²) in [6, 6.07) is 14.9. The Morgan fingerprint density at radius 1 is 1.10 bits per heavy atom. The molecule has 1 aromatic carbocycles. The van der Waals surface area contributed by atoms with Crippen LogP contribution in [0.3, 0.4) is 0 Å². The number of carbonyl (C=O) groups is 2. The molecule has 2 aliphatic rings. The second-order valence-electron chi connectivity index (χ2n) is 7.76. The summed E-state index contributed by atoms with van der Waals surface area (Å²) in [5.74, 6) is -0.0746. The average molecular weight is 389 g/mol. The van der Waals surface area contributed by atoms with Crippen LogP contribution in [0.1, 0.15) is 53.7 Å². The Bertz CT molecular complexity index is 907. The number of ether oxygens (including phenoxy) is 1. The Morgan fingerprint density at radius 2 is 1.83 bits per heavy atom. The number of Topliss-reactive ketones (excluding diaryl/α,β-unsaturated/α-hetero) is 1. The number of rotatable bonds is 4. The Morgan fingerprint density at radius 3 is 2.45 bits per heavy atom. The van der Waals surface area contributed by atoms with E-state index in [-0.39, 0.29) is 36.5 Å². The first-order valence-corrected chi connectivity index (χ1v) is 10.0. The van der Waals surface area contributed by atoms with Gasteiger partial charge in [-0.3, -0.25) is 4.79 Å². The molecule has 0 saturated carbocycles. The molecular formula is C23H23N3O3. The number of fused-ring (bicyclic) bond motifs is 2. The van der Waals surface area contributed by atoms with Gasteiger partial charge in [0, 0.05) is 29.8 Å². The fourth-order valence-electron chi connectivity index (χ4n) is 4.53. The summed E-state index contributed by atoms with van der Waals surface area (Å²) in [6.45, 7) is 0.259. The summed E-state index contributed by atoms with van der Waals surface area (Å²) in [5.41, 5.74) is 1.80. The molecule has 2 saturated heterocycles. The first-order chi connectivity index (χ1) is 14.2. The average Bonchev–Trinajstić information content (AvgIpc) is 2.77. The van der Waals surface area contributed by atoms with Gasteiger partial charge in [0.05, 0.1) is 0 Å². The Balaban J connectivity index is 1.42. The maximum Gasteiger partial charge on any atom is 0.410 e. The van der Waals surface area contributed by atoms with Gasteiger partial charge >= 0.3 is 6.09 Å². The molecule has 3 heterocycles. The van der Waals surface area contributed by atoms with E-state index < -0.39 is 0 Å². The van der Waals surface area contributed by atoms with Crippen molar-refractivity contribution in [3.8, 4) is 6.07 Å². The van der Waals surface area contributed by atoms with Gasteiger partial charge in [0.15, 0.2) is 5.78 Å². The lowest BCUT2D eigenvalue weighted by atomic mass is 9.76. The number of nitriles is 1. The minimum atomic E-state index is -0.283. The summed E-state index contributed by atoms with van der Waals surface area (Å²) in [5, 5.41) is 8.88. The van der Waals surface area contributed by atoms with E-state index in [1.54, 1.807) is 12.1 Å². The molecule has 29 heavy (non-hydrogen) atoms. The first-order valence-electron chi connectivity index (χ1n) is 10.0. The van der Waals surface area contributed by atoms with Gasteiger partial charge in [0.1, 0.15) is 18.4 Å². The van der Waals surface area contributed by atoms with Crippen LogP contribution in [0.25, 0.3) is 0 Å². The highest BCUT2D eigenvalue weighted by Crippen LogP contribution is 2.38. The van der Waals surface area contributed by atoms with E-state index >= 15 is 0 Å². The van der Waals surface area contributed by atoms with Crippen LogP contribution in [0.2, 0.25) is 0 Å². The highest BCUT2D eigenvalue weighted by molar-refractivity contribution is 5.97. The Labute approximate surface area is 170 Å². The number of amides is 1. The molecule has 0 radical (unpaired) electrons. The van der Waals surface area contributed by atoms with Gasteiger partial charge in [-0.1, -0.05) is 30.3 Å². The highest BCUT2D eigenvalue weighted by Gasteiger charge is 2.43. The highest BCUT2D eigenvalue weighted by atomic mass is 16.6. The minimum absolute atomic E-state index is 0.0334. The molecule has 2 fully saturated rings. The summed E-state index contributed by atoms with van der Waals surface area (Å²) in [7, 11) is 0. The molecule has 2 aliphatic heterocycles. The lowest BCUT2D eigenvalue weighted by Gasteiger charge is -2.47. The second-order valence-corrected chi connectivity index (χ2v) is 7.76. The number of aromatic nitrogens is 1. The van der Waals surface area contributed by atoms with Gasteiger partial charge in [-0.05, 0) is 49.8 Å². The van der Waals surface area contributed by atoms with Crippen molar-refractivity contribution in [2.75, 3.05) is 0 Å². The summed E-state index contributed by atoms with van der Waals surface area (Å²) in [6.07, 6.45) is 5.35. The molecule has 1 aromatic heterocycles. The number of pyridine rings is 1. The molecule has 6 heteroatoms. The fourth-order valence-corrected chi connectivity index (χ4v) is 4.53. The predicted octanol–water partition coefficient (Wildman–Crippen LogP) is 4.11. The molecule has 0 aliphatic carbocycles. The zero-order valence-electron chi connectivity index (χ0n) is 16.2. The number of piperidine rings is 2. The summed E-state index contributed by atoms with van der Waals surface area (Å²) in [4.78, 5) is 31.6. The lowest BCUT2D eigenvalue weighted by molar-refractivity contribution is 0.00472. The van der Waals surface area contributed by atoms with Crippen molar-refractivity contribution in [3.63, 3.8) is 0 Å². The van der Waals surface area contributed by atoms with Crippen LogP contribution in [-0.2, 0) is 11.3 Å². The van der Waals surface area contributed by atoms with Crippen LogP contribution < -0.4 is 0 Å². The number of carbonyl (C=O) groups excluding carboxylic acids is 2. The molecule has 2 aromatic rings.